The monoisotopic (exact) mass is 411 g/mol. The quantitative estimate of drug-likeness (QED) is 0.706. The van der Waals surface area contributed by atoms with Crippen LogP contribution in [0, 0.1) is 0 Å². The van der Waals surface area contributed by atoms with Gasteiger partial charge in [-0.3, -0.25) is 0 Å². The van der Waals surface area contributed by atoms with Crippen molar-refractivity contribution >= 4 is 45.0 Å². The van der Waals surface area contributed by atoms with Gasteiger partial charge in [-0.1, -0.05) is 11.6 Å². The van der Waals surface area contributed by atoms with Crippen LogP contribution in [0.3, 0.4) is 0 Å². The van der Waals surface area contributed by atoms with Gasteiger partial charge in [-0.05, 0) is 67.2 Å². The van der Waals surface area contributed by atoms with Crippen molar-refractivity contribution in [2.45, 2.75) is 30.1 Å². The van der Waals surface area contributed by atoms with Crippen molar-refractivity contribution in [1.29, 1.82) is 0 Å². The van der Waals surface area contributed by atoms with Crippen molar-refractivity contribution in [1.82, 2.24) is 4.72 Å². The summed E-state index contributed by atoms with van der Waals surface area (Å²) in [4.78, 5) is 13.0. The molecule has 1 atom stereocenters. The van der Waals surface area contributed by atoms with Crippen molar-refractivity contribution in [2.75, 3.05) is 6.54 Å². The van der Waals surface area contributed by atoms with E-state index < -0.39 is 16.0 Å². The van der Waals surface area contributed by atoms with Gasteiger partial charge in [-0.2, -0.15) is 0 Å². The van der Waals surface area contributed by atoms with Crippen LogP contribution >= 0.6 is 22.9 Å². The smallest absolute Gasteiger partial charge is 0.328 e. The molecule has 0 amide bonds. The summed E-state index contributed by atoms with van der Waals surface area (Å²) in [5.41, 5.74) is 1.12. The predicted molar refractivity (Wildman–Crippen MR) is 103 cm³/mol. The van der Waals surface area contributed by atoms with E-state index >= 15 is 0 Å². The van der Waals surface area contributed by atoms with E-state index in [9.17, 15) is 13.2 Å². The van der Waals surface area contributed by atoms with Gasteiger partial charge in [0.15, 0.2) is 0 Å². The first-order valence-corrected chi connectivity index (χ1v) is 10.8. The van der Waals surface area contributed by atoms with E-state index in [4.69, 9.17) is 16.7 Å². The molecule has 1 aromatic carbocycles. The maximum Gasteiger partial charge on any atom is 0.328 e. The number of fused-ring (bicyclic) bond motifs is 1. The van der Waals surface area contributed by atoms with Crippen molar-refractivity contribution in [3.63, 3.8) is 0 Å². The first kappa shape index (κ1) is 19.1. The van der Waals surface area contributed by atoms with Crippen LogP contribution in [0.1, 0.15) is 34.1 Å². The van der Waals surface area contributed by atoms with E-state index in [1.54, 1.807) is 29.5 Å². The van der Waals surface area contributed by atoms with E-state index in [0.29, 0.717) is 11.6 Å². The third-order valence-electron chi connectivity index (χ3n) is 4.29. The number of carboxylic acid groups (broad SMARTS) is 1. The van der Waals surface area contributed by atoms with Crippen LogP contribution in [0.25, 0.3) is 6.08 Å². The number of thiophene rings is 1. The van der Waals surface area contributed by atoms with Crippen LogP contribution < -0.4 is 4.72 Å². The number of nitrogens with one attached hydrogen (secondary N) is 1. The number of carbonyl (C=O) groups is 1. The molecule has 0 saturated heterocycles. The van der Waals surface area contributed by atoms with Gasteiger partial charge >= 0.3 is 5.97 Å². The highest BCUT2D eigenvalue weighted by atomic mass is 35.5. The number of aryl methyl sites for hydroxylation is 1. The first-order valence-electron chi connectivity index (χ1n) is 8.14. The fraction of sp³-hybridized carbons (Fsp3) is 0.278. The Morgan fingerprint density at radius 2 is 2.08 bits per heavy atom. The van der Waals surface area contributed by atoms with Gasteiger partial charge in [-0.15, -0.1) is 11.3 Å². The molecule has 0 aliphatic heterocycles. The van der Waals surface area contributed by atoms with E-state index in [1.807, 2.05) is 6.07 Å². The molecule has 1 aromatic heterocycles. The SMILES string of the molecule is O=C(O)/C=C/c1cc2c(s1)CCCC2CNS(=O)(=O)c1ccc(Cl)cc1. The van der Waals surface area contributed by atoms with E-state index in [-0.39, 0.29) is 10.8 Å². The van der Waals surface area contributed by atoms with Crippen molar-refractivity contribution in [3.05, 3.63) is 56.7 Å². The maximum absolute atomic E-state index is 12.5. The fourth-order valence-corrected chi connectivity index (χ4v) is 5.43. The Balaban J connectivity index is 1.74. The highest BCUT2D eigenvalue weighted by molar-refractivity contribution is 7.89. The Bertz CT molecular complexity index is 933. The van der Waals surface area contributed by atoms with Gasteiger partial charge in [0.1, 0.15) is 0 Å². The lowest BCUT2D eigenvalue weighted by Gasteiger charge is -2.22. The number of hydrogen-bond acceptors (Lipinski definition) is 4. The molecule has 1 heterocycles. The molecule has 8 heteroatoms. The van der Waals surface area contributed by atoms with Crippen LogP contribution in [0.4, 0.5) is 0 Å². The lowest BCUT2D eigenvalue weighted by molar-refractivity contribution is -0.131. The molecule has 138 valence electrons. The Morgan fingerprint density at radius 3 is 2.77 bits per heavy atom. The second-order valence-electron chi connectivity index (χ2n) is 6.09. The van der Waals surface area contributed by atoms with Gasteiger partial charge in [0.05, 0.1) is 4.90 Å². The Labute approximate surface area is 161 Å². The van der Waals surface area contributed by atoms with Gasteiger partial charge in [0, 0.05) is 27.4 Å². The van der Waals surface area contributed by atoms with Gasteiger partial charge in [0.2, 0.25) is 10.0 Å². The minimum absolute atomic E-state index is 0.0871. The normalized spacial score (nSPS) is 17.3. The lowest BCUT2D eigenvalue weighted by atomic mass is 9.88. The summed E-state index contributed by atoms with van der Waals surface area (Å²) in [6.45, 7) is 0.316. The summed E-state index contributed by atoms with van der Waals surface area (Å²) >= 11 is 7.38. The first-order chi connectivity index (χ1) is 12.3. The lowest BCUT2D eigenvalue weighted by Crippen LogP contribution is -2.29. The second-order valence-corrected chi connectivity index (χ2v) is 9.47. The van der Waals surface area contributed by atoms with Crippen molar-refractivity contribution in [2.24, 2.45) is 0 Å². The molecule has 1 aliphatic rings. The molecular formula is C18H18ClNO4S2. The molecule has 0 radical (unpaired) electrons. The minimum atomic E-state index is -3.59. The molecule has 0 fully saturated rings. The molecule has 5 nitrogen and oxygen atoms in total. The zero-order chi connectivity index (χ0) is 18.7. The van der Waals surface area contributed by atoms with Gasteiger partial charge in [-0.25, -0.2) is 17.9 Å². The summed E-state index contributed by atoms with van der Waals surface area (Å²) in [6.07, 6.45) is 5.54. The molecule has 1 unspecified atom stereocenters. The summed E-state index contributed by atoms with van der Waals surface area (Å²) < 4.78 is 27.6. The van der Waals surface area contributed by atoms with Crippen LogP contribution in [0.15, 0.2) is 41.3 Å². The van der Waals surface area contributed by atoms with E-state index in [1.165, 1.54) is 17.0 Å². The average Bonchev–Trinajstić information content (AvgIpc) is 3.02. The molecule has 2 N–H and O–H groups in total. The molecule has 0 bridgehead atoms. The number of aliphatic carboxylic acids is 1. The topological polar surface area (TPSA) is 83.5 Å². The molecule has 1 aliphatic carbocycles. The zero-order valence-electron chi connectivity index (χ0n) is 13.8. The largest absolute Gasteiger partial charge is 0.478 e. The van der Waals surface area contributed by atoms with Crippen LogP contribution in [0.5, 0.6) is 0 Å². The Morgan fingerprint density at radius 1 is 1.35 bits per heavy atom. The van der Waals surface area contributed by atoms with Gasteiger partial charge in [0.25, 0.3) is 0 Å². The van der Waals surface area contributed by atoms with Gasteiger partial charge < -0.3 is 5.11 Å². The highest BCUT2D eigenvalue weighted by Gasteiger charge is 2.24. The number of hydrogen-bond donors (Lipinski definition) is 2. The van der Waals surface area contributed by atoms with E-state index in [2.05, 4.69) is 4.72 Å². The predicted octanol–water partition coefficient (Wildman–Crippen LogP) is 3.90. The summed E-state index contributed by atoms with van der Waals surface area (Å²) in [5, 5.41) is 9.25. The number of sulfonamides is 1. The zero-order valence-corrected chi connectivity index (χ0v) is 16.2. The Hall–Kier alpha value is -1.67. The molecule has 3 rings (SSSR count). The number of rotatable bonds is 6. The molecule has 2 aromatic rings. The highest BCUT2D eigenvalue weighted by Crippen LogP contribution is 2.37. The molecule has 0 spiro atoms. The van der Waals surface area contributed by atoms with Crippen LogP contribution in [0.2, 0.25) is 5.02 Å². The number of halogens is 1. The van der Waals surface area contributed by atoms with Crippen molar-refractivity contribution < 1.29 is 18.3 Å². The van der Waals surface area contributed by atoms with E-state index in [0.717, 1.165) is 35.8 Å². The maximum atomic E-state index is 12.5. The van der Waals surface area contributed by atoms with Crippen molar-refractivity contribution in [3.8, 4) is 0 Å². The summed E-state index contributed by atoms with van der Waals surface area (Å²) in [6, 6.07) is 8.04. The molecular weight excluding hydrogens is 394 g/mol. The molecule has 0 saturated carbocycles. The fourth-order valence-electron chi connectivity index (χ4n) is 3.02. The third kappa shape index (κ3) is 4.54. The second kappa shape index (κ2) is 7.92. The average molecular weight is 412 g/mol. The standard InChI is InChI=1S/C18H18ClNO4S2/c19-13-4-7-15(8-5-13)26(23,24)20-11-12-2-1-3-17-16(12)10-14(25-17)6-9-18(21)22/h4-10,12,20H,1-3,11H2,(H,21,22)/b9-6+. The molecule has 26 heavy (non-hydrogen) atoms. The minimum Gasteiger partial charge on any atom is -0.478 e. The van der Waals surface area contributed by atoms with Crippen LogP contribution in [-0.2, 0) is 21.2 Å². The summed E-state index contributed by atoms with van der Waals surface area (Å²) in [5.74, 6) is -0.896. The number of carboxylic acids is 1. The third-order valence-corrected chi connectivity index (χ3v) is 7.16. The Kier molecular flexibility index (Phi) is 5.82. The van der Waals surface area contributed by atoms with Crippen LogP contribution in [-0.4, -0.2) is 26.0 Å². The summed E-state index contributed by atoms with van der Waals surface area (Å²) in [7, 11) is -3.59. The number of benzene rings is 1.